The first kappa shape index (κ1) is 13.4. The molecule has 2 fully saturated rings. The Morgan fingerprint density at radius 1 is 1.45 bits per heavy atom. The highest BCUT2D eigenvalue weighted by Crippen LogP contribution is 2.37. The van der Waals surface area contributed by atoms with Gasteiger partial charge in [0.1, 0.15) is 5.82 Å². The van der Waals surface area contributed by atoms with Crippen LogP contribution in [0.1, 0.15) is 29.6 Å². The van der Waals surface area contributed by atoms with Crippen molar-refractivity contribution in [2.24, 2.45) is 17.6 Å². The van der Waals surface area contributed by atoms with Crippen molar-refractivity contribution < 1.29 is 9.53 Å². The number of hydrogen-bond donors (Lipinski definition) is 1. The van der Waals surface area contributed by atoms with Gasteiger partial charge >= 0.3 is 5.97 Å². The highest BCUT2D eigenvalue weighted by atomic mass is 16.5. The number of ether oxygens (including phenoxy) is 1. The third-order valence-corrected chi connectivity index (χ3v) is 4.64. The lowest BCUT2D eigenvalue weighted by Gasteiger charge is -2.29. The lowest BCUT2D eigenvalue weighted by Crippen LogP contribution is -2.38. The van der Waals surface area contributed by atoms with Gasteiger partial charge in [0.2, 0.25) is 0 Å². The van der Waals surface area contributed by atoms with Crippen molar-refractivity contribution in [1.29, 1.82) is 0 Å². The summed E-state index contributed by atoms with van der Waals surface area (Å²) in [4.78, 5) is 18.3. The summed E-state index contributed by atoms with van der Waals surface area (Å²) in [6.45, 7) is 1.94. The van der Waals surface area contributed by atoms with Crippen molar-refractivity contribution in [2.75, 3.05) is 25.1 Å². The number of fused-ring (bicyclic) bond motifs is 1. The molecule has 3 rings (SSSR count). The summed E-state index contributed by atoms with van der Waals surface area (Å²) in [6.07, 6.45) is 5.28. The van der Waals surface area contributed by atoms with Gasteiger partial charge in [-0.3, -0.25) is 0 Å². The number of hydrogen-bond acceptors (Lipinski definition) is 5. The third kappa shape index (κ3) is 2.38. The number of carbonyl (C=O) groups is 1. The Labute approximate surface area is 119 Å². The second kappa shape index (κ2) is 5.40. The number of rotatable bonds is 2. The monoisotopic (exact) mass is 275 g/mol. The van der Waals surface area contributed by atoms with Crippen LogP contribution in [0.15, 0.2) is 18.3 Å². The van der Waals surface area contributed by atoms with E-state index in [4.69, 9.17) is 10.5 Å². The van der Waals surface area contributed by atoms with Gasteiger partial charge in [-0.2, -0.15) is 0 Å². The zero-order chi connectivity index (χ0) is 14.1. The summed E-state index contributed by atoms with van der Waals surface area (Å²) in [5, 5.41) is 0. The molecule has 1 aromatic rings. The molecule has 0 spiro atoms. The van der Waals surface area contributed by atoms with Crippen molar-refractivity contribution in [3.63, 3.8) is 0 Å². The quantitative estimate of drug-likeness (QED) is 0.827. The summed E-state index contributed by atoms with van der Waals surface area (Å²) in [5.74, 6) is 1.77. The molecular formula is C15H21N3O2. The third-order valence-electron chi connectivity index (χ3n) is 4.64. The fraction of sp³-hybridized carbons (Fsp3) is 0.600. The van der Waals surface area contributed by atoms with Gasteiger partial charge in [0.05, 0.1) is 12.7 Å². The van der Waals surface area contributed by atoms with E-state index in [9.17, 15) is 4.79 Å². The van der Waals surface area contributed by atoms with Crippen LogP contribution in [0.4, 0.5) is 5.82 Å². The van der Waals surface area contributed by atoms with Crippen LogP contribution in [-0.2, 0) is 4.74 Å². The zero-order valence-electron chi connectivity index (χ0n) is 11.8. The molecule has 0 aromatic carbocycles. The molecule has 1 aromatic heterocycles. The number of pyridine rings is 1. The largest absolute Gasteiger partial charge is 0.465 e. The van der Waals surface area contributed by atoms with Gasteiger partial charge < -0.3 is 15.4 Å². The predicted molar refractivity (Wildman–Crippen MR) is 76.6 cm³/mol. The normalized spacial score (nSPS) is 29.1. The average Bonchev–Trinajstić information content (AvgIpc) is 2.92. The molecule has 3 unspecified atom stereocenters. The number of anilines is 1. The Balaban J connectivity index is 1.79. The van der Waals surface area contributed by atoms with Gasteiger partial charge in [-0.25, -0.2) is 9.78 Å². The van der Waals surface area contributed by atoms with Gasteiger partial charge in [-0.05, 0) is 36.8 Å². The number of esters is 1. The number of nitrogens with two attached hydrogens (primary N) is 1. The Hall–Kier alpha value is -1.62. The Kier molecular flexibility index (Phi) is 3.61. The lowest BCUT2D eigenvalue weighted by atomic mass is 9.78. The van der Waals surface area contributed by atoms with Crippen LogP contribution in [0, 0.1) is 11.8 Å². The minimum Gasteiger partial charge on any atom is -0.465 e. The molecule has 5 heteroatoms. The predicted octanol–water partition coefficient (Wildman–Crippen LogP) is 1.43. The molecule has 1 saturated carbocycles. The molecule has 20 heavy (non-hydrogen) atoms. The van der Waals surface area contributed by atoms with Crippen LogP contribution in [0.5, 0.6) is 0 Å². The SMILES string of the molecule is COC(=O)c1ccnc(N2CC3CCCC(N)C3C2)c1. The summed E-state index contributed by atoms with van der Waals surface area (Å²) in [5.41, 5.74) is 6.79. The Morgan fingerprint density at radius 3 is 3.05 bits per heavy atom. The summed E-state index contributed by atoms with van der Waals surface area (Å²) < 4.78 is 4.76. The second-order valence-electron chi connectivity index (χ2n) is 5.82. The molecule has 1 aliphatic carbocycles. The number of carbonyl (C=O) groups excluding carboxylic acids is 1. The van der Waals surface area contributed by atoms with Crippen molar-refractivity contribution in [2.45, 2.75) is 25.3 Å². The van der Waals surface area contributed by atoms with Crippen molar-refractivity contribution in [3.8, 4) is 0 Å². The standard InChI is InChI=1S/C15H21N3O2/c1-20-15(19)10-5-6-17-14(7-10)18-8-11-3-2-4-13(16)12(11)9-18/h5-7,11-13H,2-4,8-9,16H2,1H3. The van der Waals surface area contributed by atoms with Crippen LogP contribution in [-0.4, -0.2) is 37.2 Å². The van der Waals surface area contributed by atoms with E-state index in [1.807, 2.05) is 6.07 Å². The highest BCUT2D eigenvalue weighted by Gasteiger charge is 2.39. The highest BCUT2D eigenvalue weighted by molar-refractivity contribution is 5.90. The van der Waals surface area contributed by atoms with Gasteiger partial charge in [0, 0.05) is 25.3 Å². The Bertz CT molecular complexity index is 506. The van der Waals surface area contributed by atoms with Crippen molar-refractivity contribution in [1.82, 2.24) is 4.98 Å². The van der Waals surface area contributed by atoms with Gasteiger partial charge in [0.15, 0.2) is 0 Å². The summed E-state index contributed by atoms with van der Waals surface area (Å²) in [6, 6.07) is 3.81. The van der Waals surface area contributed by atoms with Crippen molar-refractivity contribution >= 4 is 11.8 Å². The summed E-state index contributed by atoms with van der Waals surface area (Å²) in [7, 11) is 1.39. The molecule has 0 bridgehead atoms. The molecule has 2 heterocycles. The van der Waals surface area contributed by atoms with Crippen LogP contribution < -0.4 is 10.6 Å². The van der Waals surface area contributed by atoms with Crippen LogP contribution in [0.2, 0.25) is 0 Å². The molecule has 2 aliphatic rings. The minimum absolute atomic E-state index is 0.308. The second-order valence-corrected chi connectivity index (χ2v) is 5.82. The van der Waals surface area contributed by atoms with Crippen LogP contribution in [0.3, 0.4) is 0 Å². The molecule has 2 N–H and O–H groups in total. The fourth-order valence-corrected chi connectivity index (χ4v) is 3.54. The van der Waals surface area contributed by atoms with E-state index in [1.165, 1.54) is 20.0 Å². The maximum Gasteiger partial charge on any atom is 0.338 e. The number of methoxy groups -OCH3 is 1. The molecule has 0 amide bonds. The maximum absolute atomic E-state index is 11.6. The average molecular weight is 275 g/mol. The molecule has 0 radical (unpaired) electrons. The van der Waals surface area contributed by atoms with Gasteiger partial charge in [-0.1, -0.05) is 6.42 Å². The zero-order valence-corrected chi connectivity index (χ0v) is 11.8. The van der Waals surface area contributed by atoms with E-state index in [0.29, 0.717) is 23.4 Å². The Morgan fingerprint density at radius 2 is 2.30 bits per heavy atom. The molecule has 5 nitrogen and oxygen atoms in total. The molecule has 1 saturated heterocycles. The first-order valence-electron chi connectivity index (χ1n) is 7.24. The first-order chi connectivity index (χ1) is 9.69. The van der Waals surface area contributed by atoms with Crippen LogP contribution >= 0.6 is 0 Å². The van der Waals surface area contributed by atoms with E-state index in [-0.39, 0.29) is 5.97 Å². The van der Waals surface area contributed by atoms with E-state index < -0.39 is 0 Å². The molecule has 1 aliphatic heterocycles. The van der Waals surface area contributed by atoms with E-state index in [2.05, 4.69) is 9.88 Å². The fourth-order valence-electron chi connectivity index (χ4n) is 3.54. The van der Waals surface area contributed by atoms with Gasteiger partial charge in [0.25, 0.3) is 0 Å². The molecule has 3 atom stereocenters. The van der Waals surface area contributed by atoms with E-state index in [0.717, 1.165) is 25.3 Å². The topological polar surface area (TPSA) is 68.5 Å². The number of nitrogens with zero attached hydrogens (tertiary/aromatic N) is 2. The van der Waals surface area contributed by atoms with Crippen molar-refractivity contribution in [3.05, 3.63) is 23.9 Å². The lowest BCUT2D eigenvalue weighted by molar-refractivity contribution is 0.0600. The molecular weight excluding hydrogens is 254 g/mol. The maximum atomic E-state index is 11.6. The molecule has 108 valence electrons. The minimum atomic E-state index is -0.318. The van der Waals surface area contributed by atoms with E-state index >= 15 is 0 Å². The first-order valence-corrected chi connectivity index (χ1v) is 7.24. The number of aromatic nitrogens is 1. The summed E-state index contributed by atoms with van der Waals surface area (Å²) >= 11 is 0. The smallest absolute Gasteiger partial charge is 0.338 e. The van der Waals surface area contributed by atoms with E-state index in [1.54, 1.807) is 12.3 Å². The van der Waals surface area contributed by atoms with Gasteiger partial charge in [-0.15, -0.1) is 0 Å². The van der Waals surface area contributed by atoms with Crippen LogP contribution in [0.25, 0.3) is 0 Å².